The fraction of sp³-hybridized carbons (Fsp3) is 0.231. The van der Waals surface area contributed by atoms with E-state index in [9.17, 15) is 13.2 Å². The Morgan fingerprint density at radius 3 is 2.43 bits per heavy atom. The second-order valence-corrected chi connectivity index (χ2v) is 6.30. The van der Waals surface area contributed by atoms with Crippen LogP contribution in [0.1, 0.15) is 27.4 Å². The van der Waals surface area contributed by atoms with E-state index in [4.69, 9.17) is 5.11 Å². The number of carbonyl (C=O) groups is 1. The number of rotatable bonds is 4. The minimum absolute atomic E-state index is 0.0551. The number of nitrogens with zero attached hydrogens (tertiary/aromatic N) is 1. The molecule has 0 radical (unpaired) electrons. The number of hydrogen-bond acceptors (Lipinski definition) is 4. The molecule has 0 aliphatic heterocycles. The van der Waals surface area contributed by atoms with Crippen molar-refractivity contribution in [2.24, 2.45) is 0 Å². The third-order valence-electron chi connectivity index (χ3n) is 3.01. The van der Waals surface area contributed by atoms with E-state index in [0.29, 0.717) is 5.69 Å². The molecule has 0 saturated heterocycles. The Hall–Kier alpha value is -2.35. The first-order chi connectivity index (χ1) is 9.72. The summed E-state index contributed by atoms with van der Waals surface area (Å²) in [5.41, 5.74) is 1.40. The van der Waals surface area contributed by atoms with Gasteiger partial charge in [-0.25, -0.2) is 13.2 Å². The van der Waals surface area contributed by atoms with E-state index in [1.165, 1.54) is 20.0 Å². The van der Waals surface area contributed by atoms with Gasteiger partial charge in [0.1, 0.15) is 10.6 Å². The summed E-state index contributed by atoms with van der Waals surface area (Å²) < 4.78 is 27.2. The minimum atomic E-state index is -3.88. The highest BCUT2D eigenvalue weighted by molar-refractivity contribution is 7.92. The molecule has 2 rings (SSSR count). The number of hydrogen-bond donors (Lipinski definition) is 3. The van der Waals surface area contributed by atoms with Gasteiger partial charge in [0.05, 0.1) is 11.9 Å². The van der Waals surface area contributed by atoms with Crippen LogP contribution < -0.4 is 4.72 Å². The fourth-order valence-electron chi connectivity index (χ4n) is 2.08. The Labute approximate surface area is 122 Å². The molecule has 0 fully saturated rings. The Morgan fingerprint density at radius 2 is 1.95 bits per heavy atom. The number of H-pyrrole nitrogens is 1. The third-order valence-corrected chi connectivity index (χ3v) is 4.67. The highest BCUT2D eigenvalue weighted by Gasteiger charge is 2.26. The number of aryl methyl sites for hydroxylation is 2. The van der Waals surface area contributed by atoms with Crippen LogP contribution in [0.4, 0.5) is 5.69 Å². The Balaban J connectivity index is 2.45. The first-order valence-electron chi connectivity index (χ1n) is 6.10. The van der Waals surface area contributed by atoms with Crippen LogP contribution in [0.25, 0.3) is 0 Å². The molecule has 0 aromatic carbocycles. The van der Waals surface area contributed by atoms with Crippen molar-refractivity contribution >= 4 is 21.7 Å². The molecular formula is C13H15N3O4S. The van der Waals surface area contributed by atoms with E-state index < -0.39 is 16.0 Å². The van der Waals surface area contributed by atoms with Crippen LogP contribution in [-0.4, -0.2) is 29.5 Å². The highest BCUT2D eigenvalue weighted by atomic mass is 32.2. The van der Waals surface area contributed by atoms with Crippen molar-refractivity contribution in [3.63, 3.8) is 0 Å². The Kier molecular flexibility index (Phi) is 3.73. The van der Waals surface area contributed by atoms with Crippen molar-refractivity contribution in [2.45, 2.75) is 25.7 Å². The van der Waals surface area contributed by atoms with Crippen LogP contribution in [0.3, 0.4) is 0 Å². The van der Waals surface area contributed by atoms with Gasteiger partial charge >= 0.3 is 5.97 Å². The smallest absolute Gasteiger partial charge is 0.352 e. The van der Waals surface area contributed by atoms with Gasteiger partial charge in [-0.1, -0.05) is 0 Å². The van der Waals surface area contributed by atoms with Gasteiger partial charge < -0.3 is 10.1 Å². The Bertz CT molecular complexity index is 792. The molecule has 0 aliphatic rings. The van der Waals surface area contributed by atoms with Gasteiger partial charge in [0.15, 0.2) is 0 Å². The maximum absolute atomic E-state index is 12.4. The summed E-state index contributed by atoms with van der Waals surface area (Å²) in [5.74, 6) is -1.20. The molecule has 0 unspecified atom stereocenters. The lowest BCUT2D eigenvalue weighted by Crippen LogP contribution is -2.15. The second-order valence-electron chi connectivity index (χ2n) is 4.68. The standard InChI is InChI=1S/C13H15N3O4S/c1-7-4-5-10(6-14-7)16-21(19,20)12-8(2)11(13(17)18)15-9(12)3/h4-6,15-16H,1-3H3,(H,17,18). The number of pyridine rings is 1. The van der Waals surface area contributed by atoms with E-state index in [1.807, 2.05) is 0 Å². The van der Waals surface area contributed by atoms with E-state index >= 15 is 0 Å². The maximum atomic E-state index is 12.4. The molecule has 7 nitrogen and oxygen atoms in total. The van der Waals surface area contributed by atoms with Crippen LogP contribution in [-0.2, 0) is 10.0 Å². The molecule has 0 aliphatic carbocycles. The van der Waals surface area contributed by atoms with Crippen molar-refractivity contribution in [1.82, 2.24) is 9.97 Å². The topological polar surface area (TPSA) is 112 Å². The van der Waals surface area contributed by atoms with Gasteiger partial charge in [0, 0.05) is 17.0 Å². The molecular weight excluding hydrogens is 294 g/mol. The molecule has 8 heteroatoms. The summed E-state index contributed by atoms with van der Waals surface area (Å²) in [7, 11) is -3.88. The monoisotopic (exact) mass is 309 g/mol. The molecule has 0 saturated carbocycles. The lowest BCUT2D eigenvalue weighted by molar-refractivity contribution is 0.0690. The van der Waals surface area contributed by atoms with E-state index in [-0.39, 0.29) is 21.8 Å². The summed E-state index contributed by atoms with van der Waals surface area (Å²) in [6.45, 7) is 4.76. The van der Waals surface area contributed by atoms with Crippen LogP contribution in [0.2, 0.25) is 0 Å². The van der Waals surface area contributed by atoms with Crippen LogP contribution >= 0.6 is 0 Å². The number of aromatic amines is 1. The average Bonchev–Trinajstić information content (AvgIpc) is 2.68. The molecule has 112 valence electrons. The molecule has 0 amide bonds. The Morgan fingerprint density at radius 1 is 1.29 bits per heavy atom. The minimum Gasteiger partial charge on any atom is -0.477 e. The lowest BCUT2D eigenvalue weighted by atomic mass is 10.2. The van der Waals surface area contributed by atoms with Gasteiger partial charge in [-0.3, -0.25) is 9.71 Å². The molecule has 0 bridgehead atoms. The highest BCUT2D eigenvalue weighted by Crippen LogP contribution is 2.25. The first-order valence-corrected chi connectivity index (χ1v) is 7.58. The van der Waals surface area contributed by atoms with Gasteiger partial charge in [-0.2, -0.15) is 0 Å². The quantitative estimate of drug-likeness (QED) is 0.797. The lowest BCUT2D eigenvalue weighted by Gasteiger charge is -2.08. The van der Waals surface area contributed by atoms with E-state index in [2.05, 4.69) is 14.7 Å². The van der Waals surface area contributed by atoms with Crippen molar-refractivity contribution in [2.75, 3.05) is 4.72 Å². The zero-order valence-corrected chi connectivity index (χ0v) is 12.6. The number of anilines is 1. The largest absolute Gasteiger partial charge is 0.477 e. The number of aromatic carboxylic acids is 1. The average molecular weight is 309 g/mol. The summed E-state index contributed by atoms with van der Waals surface area (Å²) >= 11 is 0. The first kappa shape index (κ1) is 15.0. The number of carboxylic acid groups (broad SMARTS) is 1. The zero-order chi connectivity index (χ0) is 15.8. The van der Waals surface area contributed by atoms with Crippen molar-refractivity contribution in [1.29, 1.82) is 0 Å². The van der Waals surface area contributed by atoms with Crippen LogP contribution in [0, 0.1) is 20.8 Å². The van der Waals surface area contributed by atoms with Gasteiger partial charge in [-0.05, 0) is 32.9 Å². The predicted octanol–water partition coefficient (Wildman–Crippen LogP) is 1.83. The van der Waals surface area contributed by atoms with E-state index in [1.54, 1.807) is 19.1 Å². The molecule has 2 heterocycles. The van der Waals surface area contributed by atoms with Crippen molar-refractivity contribution in [3.8, 4) is 0 Å². The normalized spacial score (nSPS) is 11.4. The molecule has 2 aromatic rings. The zero-order valence-electron chi connectivity index (χ0n) is 11.8. The van der Waals surface area contributed by atoms with Gasteiger partial charge in [-0.15, -0.1) is 0 Å². The van der Waals surface area contributed by atoms with Crippen LogP contribution in [0.15, 0.2) is 23.2 Å². The van der Waals surface area contributed by atoms with Crippen molar-refractivity contribution < 1.29 is 18.3 Å². The second kappa shape index (κ2) is 5.21. The third kappa shape index (κ3) is 2.89. The molecule has 2 aromatic heterocycles. The van der Waals surface area contributed by atoms with Gasteiger partial charge in [0.25, 0.3) is 10.0 Å². The molecule has 0 spiro atoms. The fourth-order valence-corrected chi connectivity index (χ4v) is 3.58. The molecule has 21 heavy (non-hydrogen) atoms. The number of sulfonamides is 1. The van der Waals surface area contributed by atoms with E-state index in [0.717, 1.165) is 5.69 Å². The number of aromatic nitrogens is 2. The maximum Gasteiger partial charge on any atom is 0.352 e. The number of nitrogens with one attached hydrogen (secondary N) is 2. The molecule has 0 atom stereocenters. The van der Waals surface area contributed by atoms with Crippen LogP contribution in [0.5, 0.6) is 0 Å². The van der Waals surface area contributed by atoms with Crippen molar-refractivity contribution in [3.05, 3.63) is 41.0 Å². The summed E-state index contributed by atoms with van der Waals surface area (Å²) in [4.78, 5) is 17.6. The summed E-state index contributed by atoms with van der Waals surface area (Å²) in [5, 5.41) is 9.03. The molecule has 3 N–H and O–H groups in total. The number of carboxylic acids is 1. The predicted molar refractivity (Wildman–Crippen MR) is 77.0 cm³/mol. The summed E-state index contributed by atoms with van der Waals surface area (Å²) in [6, 6.07) is 3.27. The SMILES string of the molecule is Cc1ccc(NS(=O)(=O)c2c(C)[nH]c(C(=O)O)c2C)cn1. The summed E-state index contributed by atoms with van der Waals surface area (Å²) in [6.07, 6.45) is 1.41. The van der Waals surface area contributed by atoms with Gasteiger partial charge in [0.2, 0.25) is 0 Å².